The molecular weight excluding hydrogens is 244 g/mol. The van der Waals surface area contributed by atoms with Crippen molar-refractivity contribution in [3.63, 3.8) is 0 Å². The van der Waals surface area contributed by atoms with Gasteiger partial charge in [-0.2, -0.15) is 0 Å². The van der Waals surface area contributed by atoms with Gasteiger partial charge in [0.05, 0.1) is 12.8 Å². The second-order valence-electron chi connectivity index (χ2n) is 7.26. The largest absolute Gasteiger partial charge is 0.255 e. The minimum atomic E-state index is -0.0730. The lowest BCUT2D eigenvalue weighted by molar-refractivity contribution is 0.588. The monoisotopic (exact) mass is 269 g/mol. The Balaban J connectivity index is 2.58. The summed E-state index contributed by atoms with van der Waals surface area (Å²) < 4.78 is 8.46. The fourth-order valence-corrected chi connectivity index (χ4v) is 1.98. The second kappa shape index (κ2) is 5.01. The summed E-state index contributed by atoms with van der Waals surface area (Å²) in [6.07, 6.45) is 3.58. The van der Waals surface area contributed by atoms with Gasteiger partial charge in [-0.3, -0.25) is 9.97 Å². The van der Waals surface area contributed by atoms with E-state index in [0.29, 0.717) is 11.7 Å². The molecular formula is C18H24N2. The summed E-state index contributed by atoms with van der Waals surface area (Å²) in [4.78, 5) is 8.82. The summed E-state index contributed by atoms with van der Waals surface area (Å²) in [6.45, 7) is 12.9. The van der Waals surface area contributed by atoms with Gasteiger partial charge < -0.3 is 0 Å². The first-order chi connectivity index (χ1) is 9.60. The first kappa shape index (κ1) is 13.3. The van der Waals surface area contributed by atoms with Gasteiger partial charge in [0.25, 0.3) is 0 Å². The Kier molecular flexibility index (Phi) is 3.33. The molecule has 2 heteroatoms. The highest BCUT2D eigenvalue weighted by molar-refractivity contribution is 5.56. The van der Waals surface area contributed by atoms with Crippen LogP contribution in [-0.4, -0.2) is 9.97 Å². The molecule has 2 rings (SSSR count). The first-order valence-electron chi connectivity index (χ1n) is 7.53. The van der Waals surface area contributed by atoms with E-state index in [1.54, 1.807) is 12.4 Å². The Hall–Kier alpha value is -1.70. The molecule has 2 aromatic rings. The van der Waals surface area contributed by atoms with Crippen molar-refractivity contribution in [2.45, 2.75) is 52.4 Å². The molecule has 0 aliphatic heterocycles. The van der Waals surface area contributed by atoms with Gasteiger partial charge in [0.15, 0.2) is 0 Å². The van der Waals surface area contributed by atoms with E-state index in [0.717, 1.165) is 11.3 Å². The van der Waals surface area contributed by atoms with Gasteiger partial charge in [-0.25, -0.2) is 0 Å². The molecule has 20 heavy (non-hydrogen) atoms. The molecule has 2 nitrogen and oxygen atoms in total. The van der Waals surface area contributed by atoms with E-state index in [4.69, 9.17) is 1.37 Å². The summed E-state index contributed by atoms with van der Waals surface area (Å²) in [5.41, 5.74) is 3.62. The van der Waals surface area contributed by atoms with E-state index in [-0.39, 0.29) is 10.8 Å². The van der Waals surface area contributed by atoms with Gasteiger partial charge in [0.2, 0.25) is 0 Å². The number of aromatic nitrogens is 2. The number of pyridine rings is 2. The van der Waals surface area contributed by atoms with Crippen LogP contribution in [0.2, 0.25) is 0 Å². The lowest BCUT2D eigenvalue weighted by atomic mass is 9.86. The highest BCUT2D eigenvalue weighted by Gasteiger charge is 2.17. The molecule has 0 unspecified atom stereocenters. The van der Waals surface area contributed by atoms with E-state index in [9.17, 15) is 0 Å². The van der Waals surface area contributed by atoms with E-state index in [1.807, 2.05) is 18.2 Å². The minimum absolute atomic E-state index is 0.0571. The molecule has 0 aromatic carbocycles. The Morgan fingerprint density at radius 3 is 1.85 bits per heavy atom. The Bertz CT molecular complexity index is 649. The average Bonchev–Trinajstić information content (AvgIpc) is 2.37. The molecule has 0 fully saturated rings. The normalized spacial score (nSPS) is 13.2. The van der Waals surface area contributed by atoms with E-state index in [2.05, 4.69) is 51.5 Å². The molecule has 0 bridgehead atoms. The van der Waals surface area contributed by atoms with Crippen LogP contribution in [0.15, 0.2) is 36.6 Å². The molecule has 0 N–H and O–H groups in total. The van der Waals surface area contributed by atoms with Gasteiger partial charge in [-0.05, 0) is 46.2 Å². The molecule has 0 saturated carbocycles. The fourth-order valence-electron chi connectivity index (χ4n) is 1.98. The third-order valence-corrected chi connectivity index (χ3v) is 3.37. The summed E-state index contributed by atoms with van der Waals surface area (Å²) >= 11 is 0. The summed E-state index contributed by atoms with van der Waals surface area (Å²) in [6, 6.07) is 6.48. The molecule has 0 saturated heterocycles. The maximum absolute atomic E-state index is 8.46. The number of rotatable bonds is 1. The van der Waals surface area contributed by atoms with E-state index < -0.39 is 0 Å². The SMILES string of the molecule is [2H]c1c(C(C)(C)C)ccnc1-c1cc(C(C)(C)C)ccn1. The molecule has 0 amide bonds. The first-order valence-corrected chi connectivity index (χ1v) is 7.03. The summed E-state index contributed by atoms with van der Waals surface area (Å²) in [7, 11) is 0. The maximum Gasteiger partial charge on any atom is 0.0889 e. The summed E-state index contributed by atoms with van der Waals surface area (Å²) in [5, 5.41) is 0. The highest BCUT2D eigenvalue weighted by Crippen LogP contribution is 2.28. The highest BCUT2D eigenvalue weighted by atomic mass is 14.8. The molecule has 0 aliphatic carbocycles. The van der Waals surface area contributed by atoms with Crippen LogP contribution in [0.5, 0.6) is 0 Å². The van der Waals surface area contributed by atoms with Crippen LogP contribution in [-0.2, 0) is 10.8 Å². The third-order valence-electron chi connectivity index (χ3n) is 3.37. The third kappa shape index (κ3) is 3.24. The summed E-state index contributed by atoms with van der Waals surface area (Å²) in [5.74, 6) is 0. The van der Waals surface area contributed by atoms with Crippen molar-refractivity contribution in [3.05, 3.63) is 47.8 Å². The quantitative estimate of drug-likeness (QED) is 0.747. The van der Waals surface area contributed by atoms with Crippen LogP contribution in [0.4, 0.5) is 0 Å². The van der Waals surface area contributed by atoms with Gasteiger partial charge in [0.1, 0.15) is 0 Å². The van der Waals surface area contributed by atoms with E-state index in [1.165, 1.54) is 5.56 Å². The lowest BCUT2D eigenvalue weighted by Gasteiger charge is -2.21. The molecule has 0 radical (unpaired) electrons. The van der Waals surface area contributed by atoms with Gasteiger partial charge in [0, 0.05) is 12.4 Å². The molecule has 2 aromatic heterocycles. The van der Waals surface area contributed by atoms with Crippen molar-refractivity contribution in [3.8, 4) is 11.4 Å². The predicted octanol–water partition coefficient (Wildman–Crippen LogP) is 4.74. The zero-order valence-corrected chi connectivity index (χ0v) is 13.3. The Morgan fingerprint density at radius 2 is 1.30 bits per heavy atom. The Morgan fingerprint density at radius 1 is 0.800 bits per heavy atom. The van der Waals surface area contributed by atoms with Crippen LogP contribution < -0.4 is 0 Å². The van der Waals surface area contributed by atoms with Gasteiger partial charge in [-0.1, -0.05) is 41.5 Å². The van der Waals surface area contributed by atoms with Crippen LogP contribution in [0.1, 0.15) is 54.0 Å². The molecule has 0 aliphatic rings. The minimum Gasteiger partial charge on any atom is -0.255 e. The van der Waals surface area contributed by atoms with Crippen molar-refractivity contribution in [2.24, 2.45) is 0 Å². The van der Waals surface area contributed by atoms with Gasteiger partial charge >= 0.3 is 0 Å². The van der Waals surface area contributed by atoms with Crippen molar-refractivity contribution in [1.29, 1.82) is 0 Å². The number of hydrogen-bond acceptors (Lipinski definition) is 2. The zero-order valence-electron chi connectivity index (χ0n) is 14.3. The van der Waals surface area contributed by atoms with Crippen LogP contribution in [0.3, 0.4) is 0 Å². The van der Waals surface area contributed by atoms with Crippen LogP contribution in [0.25, 0.3) is 11.4 Å². The van der Waals surface area contributed by atoms with Crippen molar-refractivity contribution >= 4 is 0 Å². The zero-order chi connectivity index (χ0) is 15.8. The topological polar surface area (TPSA) is 25.8 Å². The average molecular weight is 269 g/mol. The van der Waals surface area contributed by atoms with Crippen molar-refractivity contribution in [1.82, 2.24) is 9.97 Å². The molecule has 0 spiro atoms. The molecule has 2 heterocycles. The second-order valence-corrected chi connectivity index (χ2v) is 7.26. The number of hydrogen-bond donors (Lipinski definition) is 0. The predicted molar refractivity (Wildman–Crippen MR) is 84.9 cm³/mol. The Labute approximate surface area is 123 Å². The van der Waals surface area contributed by atoms with Crippen LogP contribution >= 0.6 is 0 Å². The fraction of sp³-hybridized carbons (Fsp3) is 0.444. The number of nitrogens with zero attached hydrogens (tertiary/aromatic N) is 2. The van der Waals surface area contributed by atoms with Crippen LogP contribution in [0, 0.1) is 0 Å². The standard InChI is InChI=1S/C18H24N2/c1-17(2,3)13-7-9-19-15(11-13)16-12-14(8-10-20-16)18(4,5)6/h7-12H,1-6H3/i11D. The van der Waals surface area contributed by atoms with Crippen molar-refractivity contribution in [2.75, 3.05) is 0 Å². The lowest BCUT2D eigenvalue weighted by Crippen LogP contribution is -2.12. The van der Waals surface area contributed by atoms with Crippen molar-refractivity contribution < 1.29 is 1.37 Å². The smallest absolute Gasteiger partial charge is 0.0889 e. The van der Waals surface area contributed by atoms with Gasteiger partial charge in [-0.15, -0.1) is 0 Å². The molecule has 106 valence electrons. The maximum atomic E-state index is 8.46. The van der Waals surface area contributed by atoms with E-state index >= 15 is 0 Å². The molecule has 0 atom stereocenters.